The number of ether oxygens (including phenoxy) is 1. The van der Waals surface area contributed by atoms with Crippen molar-refractivity contribution >= 4 is 0 Å². The van der Waals surface area contributed by atoms with Crippen LogP contribution >= 0.6 is 0 Å². The Hall–Kier alpha value is -2.32. The van der Waals surface area contributed by atoms with Gasteiger partial charge in [-0.1, -0.05) is 72.9 Å². The molecule has 0 aromatic carbocycles. The number of hydrogen-bond acceptors (Lipinski definition) is 2. The monoisotopic (exact) mass is 423 g/mol. The van der Waals surface area contributed by atoms with E-state index in [1.54, 1.807) is 5.57 Å². The summed E-state index contributed by atoms with van der Waals surface area (Å²) < 4.78 is 6.83. The fraction of sp³-hybridized carbons (Fsp3) is 0.467. The highest BCUT2D eigenvalue weighted by Crippen LogP contribution is 2.53. The Morgan fingerprint density at radius 2 is 1.84 bits per heavy atom. The zero-order chi connectivity index (χ0) is 21.1. The van der Waals surface area contributed by atoms with E-state index in [2.05, 4.69) is 83.9 Å². The molecule has 32 heavy (non-hydrogen) atoms. The van der Waals surface area contributed by atoms with Gasteiger partial charge in [0.2, 0.25) is 0 Å². The summed E-state index contributed by atoms with van der Waals surface area (Å²) in [6.07, 6.45) is 38.9. The molecule has 0 amide bonds. The summed E-state index contributed by atoms with van der Waals surface area (Å²) in [6.45, 7) is 0. The van der Waals surface area contributed by atoms with Crippen molar-refractivity contribution in [3.8, 4) is 0 Å². The third kappa shape index (κ3) is 2.88. The normalized spacial score (nSPS) is 43.2. The van der Waals surface area contributed by atoms with Gasteiger partial charge in [-0.05, 0) is 55.7 Å². The summed E-state index contributed by atoms with van der Waals surface area (Å²) in [5, 5.41) is 0. The van der Waals surface area contributed by atoms with Crippen LogP contribution in [0.25, 0.3) is 0 Å². The first-order valence-electron chi connectivity index (χ1n) is 12.8. The molecule has 8 unspecified atom stereocenters. The van der Waals surface area contributed by atoms with E-state index < -0.39 is 0 Å². The molecular weight excluding hydrogens is 390 g/mol. The molecular formula is C30H33NO. The van der Waals surface area contributed by atoms with Gasteiger partial charge in [0.25, 0.3) is 0 Å². The van der Waals surface area contributed by atoms with Gasteiger partial charge in [0.05, 0.1) is 24.3 Å². The van der Waals surface area contributed by atoms with Crippen LogP contribution in [-0.2, 0) is 4.74 Å². The quantitative estimate of drug-likeness (QED) is 0.491. The summed E-state index contributed by atoms with van der Waals surface area (Å²) in [5.41, 5.74) is 4.65. The maximum atomic E-state index is 6.83. The SMILES string of the molecule is C1=CCC(C2=CCC(N3C4=C(CCC=C4)C4C5OC6CCC=CC6C5C=CC43)C=C2)C=C1. The van der Waals surface area contributed by atoms with Gasteiger partial charge in [-0.15, -0.1) is 0 Å². The van der Waals surface area contributed by atoms with Crippen molar-refractivity contribution in [3.05, 3.63) is 95.8 Å². The van der Waals surface area contributed by atoms with Crippen LogP contribution in [-0.4, -0.2) is 29.2 Å². The van der Waals surface area contributed by atoms with Gasteiger partial charge >= 0.3 is 0 Å². The Bertz CT molecular complexity index is 1030. The van der Waals surface area contributed by atoms with E-state index in [1.807, 2.05) is 0 Å². The van der Waals surface area contributed by atoms with E-state index in [0.717, 1.165) is 12.8 Å². The van der Waals surface area contributed by atoms with Crippen LogP contribution in [0.3, 0.4) is 0 Å². The first-order chi connectivity index (χ1) is 15.9. The van der Waals surface area contributed by atoms with E-state index in [-0.39, 0.29) is 0 Å². The third-order valence-corrected chi connectivity index (χ3v) is 8.87. The van der Waals surface area contributed by atoms with Crippen molar-refractivity contribution in [1.82, 2.24) is 4.90 Å². The highest BCUT2D eigenvalue weighted by Gasteiger charge is 2.54. The van der Waals surface area contributed by atoms with Crippen molar-refractivity contribution in [2.45, 2.75) is 62.8 Å². The minimum absolute atomic E-state index is 0.349. The Morgan fingerprint density at radius 1 is 0.844 bits per heavy atom. The second-order valence-corrected chi connectivity index (χ2v) is 10.5. The lowest BCUT2D eigenvalue weighted by atomic mass is 9.72. The molecule has 5 aliphatic carbocycles. The molecule has 2 heteroatoms. The lowest BCUT2D eigenvalue weighted by molar-refractivity contribution is -0.00822. The van der Waals surface area contributed by atoms with Crippen LogP contribution in [0.15, 0.2) is 95.8 Å². The average Bonchev–Trinajstić information content (AvgIpc) is 3.40. The molecule has 2 nitrogen and oxygen atoms in total. The molecule has 0 saturated carbocycles. The number of allylic oxidation sites excluding steroid dienone is 9. The summed E-state index contributed by atoms with van der Waals surface area (Å²) in [6, 6.07) is 0.879. The summed E-state index contributed by atoms with van der Waals surface area (Å²) in [7, 11) is 0. The van der Waals surface area contributed by atoms with Gasteiger partial charge in [0.1, 0.15) is 0 Å². The first kappa shape index (κ1) is 19.2. The Balaban J connectivity index is 1.19. The fourth-order valence-corrected chi connectivity index (χ4v) is 7.42. The highest BCUT2D eigenvalue weighted by atomic mass is 16.5. The minimum Gasteiger partial charge on any atom is -0.373 e. The van der Waals surface area contributed by atoms with Crippen molar-refractivity contribution in [2.24, 2.45) is 23.7 Å². The van der Waals surface area contributed by atoms with Crippen LogP contribution in [0.4, 0.5) is 0 Å². The fourth-order valence-electron chi connectivity index (χ4n) is 7.42. The summed E-state index contributed by atoms with van der Waals surface area (Å²) in [4.78, 5) is 2.74. The average molecular weight is 424 g/mol. The van der Waals surface area contributed by atoms with Gasteiger partial charge in [-0.25, -0.2) is 0 Å². The zero-order valence-electron chi connectivity index (χ0n) is 18.7. The minimum atomic E-state index is 0.349. The summed E-state index contributed by atoms with van der Waals surface area (Å²) in [5.74, 6) is 2.21. The Kier molecular flexibility index (Phi) is 4.57. The van der Waals surface area contributed by atoms with Gasteiger partial charge in [-0.3, -0.25) is 0 Å². The topological polar surface area (TPSA) is 12.5 Å². The molecule has 0 aromatic rings. The number of hydrogen-bond donors (Lipinski definition) is 0. The Morgan fingerprint density at radius 3 is 2.72 bits per heavy atom. The smallest absolute Gasteiger partial charge is 0.0737 e. The lowest BCUT2D eigenvalue weighted by Crippen LogP contribution is -2.46. The maximum Gasteiger partial charge on any atom is 0.0737 e. The largest absolute Gasteiger partial charge is 0.373 e. The van der Waals surface area contributed by atoms with Crippen LogP contribution in [0, 0.1) is 23.7 Å². The van der Waals surface area contributed by atoms with E-state index in [9.17, 15) is 0 Å². The second-order valence-electron chi connectivity index (χ2n) is 10.5. The molecule has 0 spiro atoms. The second kappa shape index (κ2) is 7.63. The molecule has 2 heterocycles. The molecule has 7 aliphatic rings. The molecule has 7 rings (SSSR count). The van der Waals surface area contributed by atoms with Gasteiger partial charge in [0.15, 0.2) is 0 Å². The van der Waals surface area contributed by atoms with Gasteiger partial charge < -0.3 is 9.64 Å². The van der Waals surface area contributed by atoms with Crippen LogP contribution in [0.2, 0.25) is 0 Å². The van der Waals surface area contributed by atoms with Gasteiger partial charge in [-0.2, -0.15) is 0 Å². The van der Waals surface area contributed by atoms with E-state index in [1.165, 1.54) is 37.0 Å². The molecule has 0 aromatic heterocycles. The van der Waals surface area contributed by atoms with Crippen LogP contribution in [0.1, 0.15) is 38.5 Å². The van der Waals surface area contributed by atoms with E-state index in [4.69, 9.17) is 4.74 Å². The van der Waals surface area contributed by atoms with Crippen molar-refractivity contribution in [3.63, 3.8) is 0 Å². The summed E-state index contributed by atoms with van der Waals surface area (Å²) >= 11 is 0. The molecule has 0 radical (unpaired) electrons. The molecule has 1 saturated heterocycles. The van der Waals surface area contributed by atoms with Crippen LogP contribution in [0.5, 0.6) is 0 Å². The van der Waals surface area contributed by atoms with Gasteiger partial charge in [0, 0.05) is 29.4 Å². The van der Waals surface area contributed by atoms with Crippen molar-refractivity contribution in [1.29, 1.82) is 0 Å². The first-order valence-corrected chi connectivity index (χ1v) is 12.8. The molecule has 8 atom stereocenters. The van der Waals surface area contributed by atoms with Crippen molar-refractivity contribution in [2.75, 3.05) is 0 Å². The number of rotatable bonds is 2. The molecule has 2 aliphatic heterocycles. The lowest BCUT2D eigenvalue weighted by Gasteiger charge is -2.40. The zero-order valence-corrected chi connectivity index (χ0v) is 18.7. The number of nitrogens with zero attached hydrogens (tertiary/aromatic N) is 1. The molecule has 0 bridgehead atoms. The van der Waals surface area contributed by atoms with Crippen molar-refractivity contribution < 1.29 is 4.74 Å². The molecule has 0 N–H and O–H groups in total. The predicted molar refractivity (Wildman–Crippen MR) is 130 cm³/mol. The maximum absolute atomic E-state index is 6.83. The Labute approximate surface area is 192 Å². The third-order valence-electron chi connectivity index (χ3n) is 8.87. The highest BCUT2D eigenvalue weighted by molar-refractivity contribution is 5.44. The molecule has 164 valence electrons. The van der Waals surface area contributed by atoms with Crippen LogP contribution < -0.4 is 0 Å². The molecule has 1 fully saturated rings. The number of fused-ring (bicyclic) bond motifs is 6. The van der Waals surface area contributed by atoms with E-state index >= 15 is 0 Å². The predicted octanol–water partition coefficient (Wildman–Crippen LogP) is 6.20. The van der Waals surface area contributed by atoms with E-state index in [0.29, 0.717) is 48.0 Å². The standard InChI is InChI=1S/C30H33NO/c1-2-8-20(9-3-1)21-14-16-22(17-15-21)31-26-12-6-4-11-25(26)29-27(31)19-18-24-23-10-5-7-13-28(23)32-30(24)29/h1-3,5-6,8,10,12,14-16,18-20,22-24,27-30H,4,7,9,11,13,17H2.